The molecule has 0 saturated heterocycles. The number of fused-ring (bicyclic) bond motifs is 2. The molecular formula is C20H21N7O. The van der Waals surface area contributed by atoms with Crippen molar-refractivity contribution in [3.63, 3.8) is 0 Å². The van der Waals surface area contributed by atoms with E-state index in [0.717, 1.165) is 47.9 Å². The van der Waals surface area contributed by atoms with Gasteiger partial charge in [-0.05, 0) is 31.4 Å². The summed E-state index contributed by atoms with van der Waals surface area (Å²) in [5, 5.41) is 7.97. The summed E-state index contributed by atoms with van der Waals surface area (Å²) in [6.45, 7) is 0.951. The van der Waals surface area contributed by atoms with Crippen molar-refractivity contribution in [3.8, 4) is 11.4 Å². The van der Waals surface area contributed by atoms with Gasteiger partial charge in [-0.15, -0.1) is 0 Å². The van der Waals surface area contributed by atoms with E-state index in [-0.39, 0.29) is 6.17 Å². The highest BCUT2D eigenvalue weighted by molar-refractivity contribution is 5.93. The Bertz CT molecular complexity index is 1080. The molecule has 8 heteroatoms. The van der Waals surface area contributed by atoms with Crippen LogP contribution >= 0.6 is 0 Å². The van der Waals surface area contributed by atoms with E-state index < -0.39 is 5.91 Å². The molecule has 3 N–H and O–H groups in total. The van der Waals surface area contributed by atoms with Gasteiger partial charge in [0.15, 0.2) is 0 Å². The van der Waals surface area contributed by atoms with Crippen LogP contribution in [0.4, 0.5) is 0 Å². The molecule has 142 valence electrons. The molecule has 0 radical (unpaired) electrons. The normalized spacial score (nSPS) is 22.6. The highest BCUT2D eigenvalue weighted by atomic mass is 16.1. The minimum atomic E-state index is -0.442. The lowest BCUT2D eigenvalue weighted by Gasteiger charge is -2.26. The Kier molecular flexibility index (Phi) is 3.15. The average molecular weight is 375 g/mol. The lowest BCUT2D eigenvalue weighted by molar-refractivity contribution is -0.115. The van der Waals surface area contributed by atoms with Crippen LogP contribution in [0, 0.1) is 0 Å². The highest BCUT2D eigenvalue weighted by Crippen LogP contribution is 2.38. The number of aryl methyl sites for hydroxylation is 1. The minimum Gasteiger partial charge on any atom is -0.366 e. The molecule has 0 spiro atoms. The Morgan fingerprint density at radius 1 is 1.32 bits per heavy atom. The Morgan fingerprint density at radius 2 is 2.21 bits per heavy atom. The smallest absolute Gasteiger partial charge is 0.266 e. The Balaban J connectivity index is 1.46. The molecule has 1 fully saturated rings. The molecule has 0 aromatic carbocycles. The predicted molar refractivity (Wildman–Crippen MR) is 103 cm³/mol. The van der Waals surface area contributed by atoms with Crippen LogP contribution in [0.5, 0.6) is 0 Å². The standard InChI is InChI=1S/C20H21N7O/c21-20(28)15-10-22-16-6-3-12(11-26(15)16)19-18(23-17-2-1-8-25(17)19)14-7-9-27(24-14)13-4-5-13/h3,6-7,9-11,13,16,22H,1-2,4-5,8H2,(H2,21,28). The van der Waals surface area contributed by atoms with Crippen molar-refractivity contribution in [1.82, 2.24) is 29.5 Å². The first kappa shape index (κ1) is 15.7. The molecular weight excluding hydrogens is 354 g/mol. The molecule has 5 heterocycles. The molecule has 28 heavy (non-hydrogen) atoms. The number of nitrogens with one attached hydrogen (secondary N) is 1. The van der Waals surface area contributed by atoms with Crippen molar-refractivity contribution >= 4 is 11.5 Å². The first-order chi connectivity index (χ1) is 13.7. The number of carbonyl (C=O) groups excluding carboxylic acids is 1. The van der Waals surface area contributed by atoms with Crippen molar-refractivity contribution < 1.29 is 4.79 Å². The maximum absolute atomic E-state index is 11.8. The van der Waals surface area contributed by atoms with E-state index in [1.54, 1.807) is 6.20 Å². The van der Waals surface area contributed by atoms with Crippen molar-refractivity contribution in [3.05, 3.63) is 54.0 Å². The van der Waals surface area contributed by atoms with Crippen LogP contribution in [0.2, 0.25) is 0 Å². The molecule has 1 saturated carbocycles. The zero-order valence-electron chi connectivity index (χ0n) is 15.4. The van der Waals surface area contributed by atoms with Crippen molar-refractivity contribution in [1.29, 1.82) is 0 Å². The topological polar surface area (TPSA) is 94.0 Å². The molecule has 1 amide bonds. The second-order valence-corrected chi connectivity index (χ2v) is 7.75. The maximum Gasteiger partial charge on any atom is 0.266 e. The van der Waals surface area contributed by atoms with Crippen LogP contribution in [-0.4, -0.2) is 36.3 Å². The molecule has 6 rings (SSSR count). The Labute approximate surface area is 162 Å². The number of amides is 1. The number of hydrogen-bond donors (Lipinski definition) is 2. The first-order valence-electron chi connectivity index (χ1n) is 9.79. The molecule has 1 unspecified atom stereocenters. The number of nitrogens with zero attached hydrogens (tertiary/aromatic N) is 5. The number of aromatic nitrogens is 4. The molecule has 2 aromatic heterocycles. The summed E-state index contributed by atoms with van der Waals surface area (Å²) < 4.78 is 4.35. The summed E-state index contributed by atoms with van der Waals surface area (Å²) in [6.07, 6.45) is 14.3. The van der Waals surface area contributed by atoms with Crippen LogP contribution in [0.15, 0.2) is 42.5 Å². The molecule has 8 nitrogen and oxygen atoms in total. The minimum absolute atomic E-state index is 0.0789. The largest absolute Gasteiger partial charge is 0.366 e. The third kappa shape index (κ3) is 2.27. The number of allylic oxidation sites excluding steroid dienone is 2. The van der Waals surface area contributed by atoms with E-state index in [0.29, 0.717) is 11.7 Å². The number of nitrogens with two attached hydrogens (primary N) is 1. The van der Waals surface area contributed by atoms with Gasteiger partial charge in [-0.25, -0.2) is 4.98 Å². The number of primary amides is 1. The van der Waals surface area contributed by atoms with Gasteiger partial charge in [-0.2, -0.15) is 5.10 Å². The van der Waals surface area contributed by atoms with Gasteiger partial charge in [-0.3, -0.25) is 9.48 Å². The summed E-state index contributed by atoms with van der Waals surface area (Å²) in [5.41, 5.74) is 9.92. The van der Waals surface area contributed by atoms with Gasteiger partial charge in [0.2, 0.25) is 0 Å². The van der Waals surface area contributed by atoms with E-state index in [9.17, 15) is 4.79 Å². The van der Waals surface area contributed by atoms with Gasteiger partial charge >= 0.3 is 0 Å². The predicted octanol–water partition coefficient (Wildman–Crippen LogP) is 1.50. The van der Waals surface area contributed by atoms with Gasteiger partial charge in [0.25, 0.3) is 5.91 Å². The summed E-state index contributed by atoms with van der Waals surface area (Å²) >= 11 is 0. The second-order valence-electron chi connectivity index (χ2n) is 7.75. The zero-order chi connectivity index (χ0) is 18.8. The van der Waals surface area contributed by atoms with Crippen LogP contribution < -0.4 is 11.1 Å². The Hall–Kier alpha value is -3.29. The number of rotatable bonds is 4. The van der Waals surface area contributed by atoms with E-state index in [4.69, 9.17) is 15.8 Å². The van der Waals surface area contributed by atoms with E-state index >= 15 is 0 Å². The van der Waals surface area contributed by atoms with Crippen LogP contribution in [0.1, 0.15) is 36.8 Å². The van der Waals surface area contributed by atoms with Gasteiger partial charge < -0.3 is 20.5 Å². The number of imidazole rings is 1. The summed E-state index contributed by atoms with van der Waals surface area (Å²) in [5.74, 6) is 0.662. The van der Waals surface area contributed by atoms with E-state index in [1.807, 2.05) is 17.2 Å². The quantitative estimate of drug-likeness (QED) is 0.845. The lowest BCUT2D eigenvalue weighted by Crippen LogP contribution is -2.36. The monoisotopic (exact) mass is 375 g/mol. The van der Waals surface area contributed by atoms with Gasteiger partial charge in [-0.1, -0.05) is 6.08 Å². The fourth-order valence-electron chi connectivity index (χ4n) is 4.30. The fraction of sp³-hybridized carbons (Fsp3) is 0.350. The van der Waals surface area contributed by atoms with Crippen molar-refractivity contribution in [2.45, 2.75) is 44.4 Å². The second kappa shape index (κ2) is 5.60. The number of carbonyl (C=O) groups is 1. The lowest BCUT2D eigenvalue weighted by atomic mass is 10.1. The van der Waals surface area contributed by atoms with Gasteiger partial charge in [0, 0.05) is 37.1 Å². The van der Waals surface area contributed by atoms with Crippen molar-refractivity contribution in [2.75, 3.05) is 0 Å². The third-order valence-corrected chi connectivity index (χ3v) is 5.83. The highest BCUT2D eigenvalue weighted by Gasteiger charge is 2.32. The zero-order valence-corrected chi connectivity index (χ0v) is 15.4. The van der Waals surface area contributed by atoms with Crippen LogP contribution in [0.25, 0.3) is 17.0 Å². The molecule has 4 aliphatic rings. The van der Waals surface area contributed by atoms with E-state index in [2.05, 4.69) is 32.9 Å². The summed E-state index contributed by atoms with van der Waals surface area (Å²) in [6, 6.07) is 2.60. The average Bonchev–Trinajstić information content (AvgIpc) is 3.08. The van der Waals surface area contributed by atoms with Gasteiger partial charge in [0.1, 0.15) is 29.1 Å². The summed E-state index contributed by atoms with van der Waals surface area (Å²) in [4.78, 5) is 18.6. The molecule has 1 atom stereocenters. The third-order valence-electron chi connectivity index (χ3n) is 5.83. The molecule has 2 aromatic rings. The summed E-state index contributed by atoms with van der Waals surface area (Å²) in [7, 11) is 0. The SMILES string of the molecule is NC(=O)C1=CNC2C=CC(c3c(-c4ccn(C5CC5)n4)nc4n3CCC4)=CN12. The number of hydrogen-bond acceptors (Lipinski definition) is 5. The van der Waals surface area contributed by atoms with E-state index in [1.165, 1.54) is 12.8 Å². The molecule has 0 bridgehead atoms. The fourth-order valence-corrected chi connectivity index (χ4v) is 4.30. The first-order valence-corrected chi connectivity index (χ1v) is 9.79. The van der Waals surface area contributed by atoms with Crippen molar-refractivity contribution in [2.24, 2.45) is 5.73 Å². The van der Waals surface area contributed by atoms with Crippen LogP contribution in [-0.2, 0) is 17.8 Å². The Morgan fingerprint density at radius 3 is 3.04 bits per heavy atom. The molecule has 1 aliphatic carbocycles. The van der Waals surface area contributed by atoms with Gasteiger partial charge in [0.05, 0.1) is 11.7 Å². The maximum atomic E-state index is 11.8. The molecule has 3 aliphatic heterocycles. The van der Waals surface area contributed by atoms with Crippen LogP contribution in [0.3, 0.4) is 0 Å².